The molecule has 0 spiro atoms. The highest BCUT2D eigenvalue weighted by atomic mass is 35.5. The molecule has 0 amide bonds. The molecule has 4 nitrogen and oxygen atoms in total. The van der Waals surface area contributed by atoms with E-state index >= 15 is 0 Å². The van der Waals surface area contributed by atoms with E-state index in [1.807, 2.05) is 48.5 Å². The summed E-state index contributed by atoms with van der Waals surface area (Å²) in [6.07, 6.45) is 1.07. The van der Waals surface area contributed by atoms with Gasteiger partial charge in [-0.1, -0.05) is 24.3 Å². The average molecular weight is 369 g/mol. The summed E-state index contributed by atoms with van der Waals surface area (Å²) in [5, 5.41) is 16.1. The minimum atomic E-state index is 0. The Morgan fingerprint density at radius 2 is 1.42 bits per heavy atom. The van der Waals surface area contributed by atoms with Gasteiger partial charge in [0.15, 0.2) is 0 Å². The van der Waals surface area contributed by atoms with Crippen molar-refractivity contribution in [1.82, 2.24) is 4.90 Å². The van der Waals surface area contributed by atoms with Crippen molar-refractivity contribution >= 4 is 52.3 Å². The van der Waals surface area contributed by atoms with Gasteiger partial charge in [0.1, 0.15) is 0 Å². The number of pyridine rings is 1. The number of nitrogens with zero attached hydrogens (tertiary/aromatic N) is 2. The third-order valence-electron chi connectivity index (χ3n) is 3.89. The molecule has 0 bridgehead atoms. The standard InChI is InChI=1S/C18H21N3O.2ClH/c1-20(2)13-7-12-19-18-14-8-3-5-10-16(14)21(22)17-11-6-4-9-15(17)18;;/h3-6,8-11,22H,7,12-13H2,1-2H3;2*1H/p+1. The quantitative estimate of drug-likeness (QED) is 0.312. The topological polar surface area (TPSA) is 39.4 Å². The molecule has 0 radical (unpaired) electrons. The molecule has 0 atom stereocenters. The zero-order valence-corrected chi connectivity index (χ0v) is 15.5. The van der Waals surface area contributed by atoms with Gasteiger partial charge in [-0.25, -0.2) is 0 Å². The van der Waals surface area contributed by atoms with Crippen molar-refractivity contribution in [1.29, 1.82) is 0 Å². The van der Waals surface area contributed by atoms with Gasteiger partial charge in [-0.3, -0.25) is 5.21 Å². The Hall–Kier alpha value is -1.75. The third-order valence-corrected chi connectivity index (χ3v) is 3.89. The van der Waals surface area contributed by atoms with E-state index in [-0.39, 0.29) is 24.8 Å². The third kappa shape index (κ3) is 4.01. The van der Waals surface area contributed by atoms with Crippen LogP contribution in [0.25, 0.3) is 21.8 Å². The summed E-state index contributed by atoms with van der Waals surface area (Å²) in [5.41, 5.74) is 2.72. The van der Waals surface area contributed by atoms with Crippen LogP contribution in [0.4, 0.5) is 5.69 Å². The van der Waals surface area contributed by atoms with Crippen molar-refractivity contribution in [2.75, 3.05) is 32.5 Å². The van der Waals surface area contributed by atoms with Gasteiger partial charge in [-0.2, -0.15) is 0 Å². The largest absolute Gasteiger partial charge is 0.384 e. The molecule has 130 valence electrons. The first-order chi connectivity index (χ1) is 10.7. The molecule has 2 N–H and O–H groups in total. The van der Waals surface area contributed by atoms with Crippen LogP contribution in [-0.4, -0.2) is 37.3 Å². The number of para-hydroxylation sites is 2. The van der Waals surface area contributed by atoms with Crippen LogP contribution in [0.3, 0.4) is 0 Å². The van der Waals surface area contributed by atoms with Crippen LogP contribution >= 0.6 is 24.8 Å². The second-order valence-electron chi connectivity index (χ2n) is 5.80. The van der Waals surface area contributed by atoms with Gasteiger partial charge in [0, 0.05) is 23.4 Å². The van der Waals surface area contributed by atoms with Crippen molar-refractivity contribution in [3.63, 3.8) is 0 Å². The van der Waals surface area contributed by atoms with E-state index in [9.17, 15) is 5.21 Å². The van der Waals surface area contributed by atoms with Gasteiger partial charge in [0.2, 0.25) is 0 Å². The van der Waals surface area contributed by atoms with E-state index in [0.717, 1.165) is 47.0 Å². The van der Waals surface area contributed by atoms with Crippen LogP contribution in [0.1, 0.15) is 6.42 Å². The van der Waals surface area contributed by atoms with E-state index in [0.29, 0.717) is 0 Å². The van der Waals surface area contributed by atoms with Crippen LogP contribution in [-0.2, 0) is 0 Å². The molecule has 0 fully saturated rings. The first kappa shape index (κ1) is 20.3. The lowest BCUT2D eigenvalue weighted by atomic mass is 10.1. The van der Waals surface area contributed by atoms with Crippen molar-refractivity contribution in [3.05, 3.63) is 48.5 Å². The van der Waals surface area contributed by atoms with Crippen LogP contribution in [0.5, 0.6) is 0 Å². The zero-order valence-electron chi connectivity index (χ0n) is 13.9. The monoisotopic (exact) mass is 368 g/mol. The Balaban J connectivity index is 0.00000144. The molecule has 24 heavy (non-hydrogen) atoms. The number of aromatic nitrogens is 1. The predicted octanol–water partition coefficient (Wildman–Crippen LogP) is 3.73. The maximum Gasteiger partial charge on any atom is 0.267 e. The molecule has 0 saturated carbocycles. The Labute approximate surface area is 154 Å². The van der Waals surface area contributed by atoms with Crippen molar-refractivity contribution in [2.24, 2.45) is 0 Å². The number of fused-ring (bicyclic) bond motifs is 2. The van der Waals surface area contributed by atoms with Crippen LogP contribution in [0.2, 0.25) is 0 Å². The van der Waals surface area contributed by atoms with Crippen molar-refractivity contribution in [3.8, 4) is 0 Å². The Morgan fingerprint density at radius 1 is 0.917 bits per heavy atom. The fraction of sp³-hybridized carbons (Fsp3) is 0.278. The fourth-order valence-corrected chi connectivity index (χ4v) is 2.81. The van der Waals surface area contributed by atoms with Crippen LogP contribution < -0.4 is 10.0 Å². The molecule has 0 aliphatic heterocycles. The van der Waals surface area contributed by atoms with Crippen molar-refractivity contribution in [2.45, 2.75) is 6.42 Å². The number of nitrogens with one attached hydrogen (secondary N) is 1. The highest BCUT2D eigenvalue weighted by Crippen LogP contribution is 2.29. The lowest BCUT2D eigenvalue weighted by Crippen LogP contribution is -2.32. The highest BCUT2D eigenvalue weighted by Gasteiger charge is 2.19. The van der Waals surface area contributed by atoms with E-state index in [1.165, 1.54) is 4.73 Å². The molecule has 1 aromatic heterocycles. The van der Waals surface area contributed by atoms with Gasteiger partial charge in [0.05, 0.1) is 16.5 Å². The lowest BCUT2D eigenvalue weighted by Gasteiger charge is -2.13. The summed E-state index contributed by atoms with van der Waals surface area (Å²) in [6, 6.07) is 15.9. The molecule has 1 heterocycles. The first-order valence-corrected chi connectivity index (χ1v) is 7.62. The Morgan fingerprint density at radius 3 is 1.92 bits per heavy atom. The van der Waals surface area contributed by atoms with Gasteiger partial charge in [-0.05, 0) is 39.2 Å². The Bertz CT molecular complexity index is 752. The Kier molecular flexibility index (Phi) is 7.55. The highest BCUT2D eigenvalue weighted by molar-refractivity contribution is 6.04. The first-order valence-electron chi connectivity index (χ1n) is 7.62. The number of hydrogen-bond acceptors (Lipinski definition) is 3. The van der Waals surface area contributed by atoms with Crippen LogP contribution in [0.15, 0.2) is 48.5 Å². The summed E-state index contributed by atoms with van der Waals surface area (Å²) in [7, 11) is 4.17. The minimum absolute atomic E-state index is 0. The smallest absolute Gasteiger partial charge is 0.267 e. The molecular weight excluding hydrogens is 345 g/mol. The number of hydrogen-bond donors (Lipinski definition) is 2. The SMILES string of the molecule is CN(C)CCCNc1c2ccccc2[n+](O)c2ccccc12.Cl.Cl. The number of anilines is 1. The number of rotatable bonds is 5. The summed E-state index contributed by atoms with van der Waals surface area (Å²) in [5.74, 6) is 0. The maximum absolute atomic E-state index is 10.5. The second kappa shape index (κ2) is 8.92. The summed E-state index contributed by atoms with van der Waals surface area (Å²) >= 11 is 0. The molecule has 3 rings (SSSR count). The zero-order chi connectivity index (χ0) is 15.5. The van der Waals surface area contributed by atoms with E-state index in [1.54, 1.807) is 0 Å². The number of benzene rings is 2. The molecule has 3 aromatic rings. The molecular formula is C18H24Cl2N3O+. The predicted molar refractivity (Wildman–Crippen MR) is 105 cm³/mol. The number of halogens is 2. The van der Waals surface area contributed by atoms with E-state index in [2.05, 4.69) is 24.3 Å². The summed E-state index contributed by atoms with van der Waals surface area (Å²) in [6.45, 7) is 1.96. The van der Waals surface area contributed by atoms with Gasteiger partial charge >= 0.3 is 0 Å². The lowest BCUT2D eigenvalue weighted by molar-refractivity contribution is -0.864. The van der Waals surface area contributed by atoms with E-state index in [4.69, 9.17) is 0 Å². The summed E-state index contributed by atoms with van der Waals surface area (Å²) in [4.78, 5) is 2.19. The second-order valence-corrected chi connectivity index (χ2v) is 5.80. The van der Waals surface area contributed by atoms with Gasteiger partial charge < -0.3 is 10.2 Å². The van der Waals surface area contributed by atoms with E-state index < -0.39 is 0 Å². The minimum Gasteiger partial charge on any atom is -0.384 e. The molecule has 6 heteroatoms. The molecule has 2 aromatic carbocycles. The molecule has 0 aliphatic rings. The molecule has 0 aliphatic carbocycles. The molecule has 0 saturated heterocycles. The van der Waals surface area contributed by atoms with Gasteiger partial charge in [-0.15, -0.1) is 24.8 Å². The van der Waals surface area contributed by atoms with Gasteiger partial charge in [0.25, 0.3) is 11.0 Å². The normalized spacial score (nSPS) is 10.5. The van der Waals surface area contributed by atoms with Crippen molar-refractivity contribution < 1.29 is 9.94 Å². The maximum atomic E-state index is 10.5. The molecule has 0 unspecified atom stereocenters. The summed E-state index contributed by atoms with van der Waals surface area (Å²) < 4.78 is 1.27. The average Bonchev–Trinajstić information content (AvgIpc) is 2.54. The fourth-order valence-electron chi connectivity index (χ4n) is 2.81. The van der Waals surface area contributed by atoms with Crippen LogP contribution in [0, 0.1) is 0 Å².